The lowest BCUT2D eigenvalue weighted by molar-refractivity contribution is 0.0499. The van der Waals surface area contributed by atoms with Crippen LogP contribution in [-0.2, 0) is 37.2 Å². The first-order valence-electron chi connectivity index (χ1n) is 26.4. The molecule has 0 spiro atoms. The van der Waals surface area contributed by atoms with Crippen molar-refractivity contribution in [3.63, 3.8) is 0 Å². The first kappa shape index (κ1) is 56.9. The molecule has 4 rings (SSSR count). The van der Waals surface area contributed by atoms with Crippen LogP contribution in [-0.4, -0.2) is 22.4 Å². The molecule has 2 bridgehead atoms. The zero-order chi connectivity index (χ0) is 50.7. The first-order chi connectivity index (χ1) is 30.7. The molecule has 0 aliphatic heterocycles. The summed E-state index contributed by atoms with van der Waals surface area (Å²) < 4.78 is 13.1. The Morgan fingerprint density at radius 2 is 0.836 bits per heavy atom. The number of benzene rings is 3. The van der Waals surface area contributed by atoms with Gasteiger partial charge in [-0.25, -0.2) is 4.79 Å². The Hall–Kier alpha value is -2.72. The molecule has 0 radical (unpaired) electrons. The Labute approximate surface area is 412 Å². The van der Waals surface area contributed by atoms with Crippen LogP contribution in [0, 0.1) is 0 Å². The highest BCUT2D eigenvalue weighted by Crippen LogP contribution is 2.60. The van der Waals surface area contributed by atoms with Crippen LogP contribution in [0.4, 0.5) is 0 Å². The van der Waals surface area contributed by atoms with Crippen molar-refractivity contribution in [2.24, 2.45) is 0 Å². The maximum atomic E-state index is 15.9. The van der Waals surface area contributed by atoms with Gasteiger partial charge in [0.15, 0.2) is 0 Å². The van der Waals surface area contributed by atoms with Crippen molar-refractivity contribution in [1.29, 1.82) is 0 Å². The van der Waals surface area contributed by atoms with E-state index >= 15 is 4.79 Å². The standard InChI is InChI=1S/C61H97O5P/c1-21-22-23-24-25-26-27-28-29-30-31-32-33-34-35-65-55(62)51-49-47-43(36-41(56(3,4)5)38-45(47)58(9,10)11)40(2)44-37-42(57(6,7)8)39-46(59(12,13)14)48(44)50(51)53(61(18,19)20)54(66-67(63)64)52(49)60(15,16)17/h36-40,63-64H,21-35H2,1-20H3. The molecule has 0 amide bonds. The van der Waals surface area contributed by atoms with Crippen molar-refractivity contribution in [1.82, 2.24) is 0 Å². The zero-order valence-electron chi connectivity index (χ0n) is 46.6. The summed E-state index contributed by atoms with van der Waals surface area (Å²) in [7, 11) is -2.84. The maximum Gasteiger partial charge on any atom is 0.391 e. The summed E-state index contributed by atoms with van der Waals surface area (Å²) in [6.45, 7) is 45.3. The van der Waals surface area contributed by atoms with E-state index in [2.05, 4.69) is 163 Å². The molecule has 5 nitrogen and oxygen atoms in total. The largest absolute Gasteiger partial charge is 0.462 e. The third kappa shape index (κ3) is 14.0. The third-order valence-corrected chi connectivity index (χ3v) is 14.5. The molecule has 0 aromatic heterocycles. The fourth-order valence-corrected chi connectivity index (χ4v) is 10.7. The summed E-state index contributed by atoms with van der Waals surface area (Å²) in [5.74, 6) is 0.0479. The highest BCUT2D eigenvalue weighted by molar-refractivity contribution is 7.39. The molecule has 2 N–H and O–H groups in total. The Balaban J connectivity index is 2.09. The molecule has 3 aromatic rings. The lowest BCUT2D eigenvalue weighted by Gasteiger charge is -2.42. The van der Waals surface area contributed by atoms with Gasteiger partial charge in [0.1, 0.15) is 5.75 Å². The van der Waals surface area contributed by atoms with Crippen molar-refractivity contribution in [3.8, 4) is 28.0 Å². The van der Waals surface area contributed by atoms with E-state index in [1.54, 1.807) is 0 Å². The van der Waals surface area contributed by atoms with Gasteiger partial charge in [-0.05, 0) is 83.4 Å². The van der Waals surface area contributed by atoms with Crippen LogP contribution in [0.3, 0.4) is 0 Å². The number of hydrogen-bond acceptors (Lipinski definition) is 5. The van der Waals surface area contributed by atoms with E-state index in [9.17, 15) is 9.79 Å². The molecule has 1 aliphatic rings. The van der Waals surface area contributed by atoms with Gasteiger partial charge in [0.2, 0.25) is 0 Å². The van der Waals surface area contributed by atoms with Gasteiger partial charge in [-0.1, -0.05) is 246 Å². The lowest BCUT2D eigenvalue weighted by atomic mass is 9.62. The Kier molecular flexibility index (Phi) is 18.8. The molecule has 0 fully saturated rings. The molecule has 0 unspecified atom stereocenters. The minimum atomic E-state index is -2.84. The van der Waals surface area contributed by atoms with Gasteiger partial charge < -0.3 is 19.0 Å². The summed E-state index contributed by atoms with van der Waals surface area (Å²) in [4.78, 5) is 37.9. The van der Waals surface area contributed by atoms with Gasteiger partial charge in [0.05, 0.1) is 12.2 Å². The predicted molar refractivity (Wildman–Crippen MR) is 290 cm³/mol. The number of fused-ring (bicyclic) bond motifs is 6. The monoisotopic (exact) mass is 941 g/mol. The second-order valence-electron chi connectivity index (χ2n) is 26.5. The van der Waals surface area contributed by atoms with Crippen LogP contribution in [0.2, 0.25) is 0 Å². The Morgan fingerprint density at radius 1 is 0.493 bits per heavy atom. The molecule has 1 aliphatic carbocycles. The van der Waals surface area contributed by atoms with Gasteiger partial charge in [-0.3, -0.25) is 0 Å². The van der Waals surface area contributed by atoms with E-state index in [0.717, 1.165) is 74.9 Å². The van der Waals surface area contributed by atoms with Crippen molar-refractivity contribution in [2.75, 3.05) is 6.61 Å². The first-order valence-corrected chi connectivity index (χ1v) is 27.6. The second kappa shape index (κ2) is 22.1. The second-order valence-corrected chi connectivity index (χ2v) is 27.2. The van der Waals surface area contributed by atoms with Crippen LogP contribution >= 0.6 is 8.60 Å². The molecule has 0 saturated heterocycles. The highest BCUT2D eigenvalue weighted by Gasteiger charge is 2.45. The minimum absolute atomic E-state index is 0.0763. The molecule has 67 heavy (non-hydrogen) atoms. The van der Waals surface area contributed by atoms with E-state index in [1.807, 2.05) is 0 Å². The summed E-state index contributed by atoms with van der Waals surface area (Å²) in [5.41, 5.74) is 10.7. The van der Waals surface area contributed by atoms with E-state index in [0.29, 0.717) is 17.9 Å². The smallest absolute Gasteiger partial charge is 0.391 e. The number of rotatable bonds is 18. The summed E-state index contributed by atoms with van der Waals surface area (Å²) >= 11 is 0. The Bertz CT molecular complexity index is 2030. The van der Waals surface area contributed by atoms with Crippen molar-refractivity contribution in [3.05, 3.63) is 74.3 Å². The number of carbonyl (C=O) groups excluding carboxylic acids is 1. The van der Waals surface area contributed by atoms with Crippen molar-refractivity contribution < 1.29 is 23.8 Å². The summed E-state index contributed by atoms with van der Waals surface area (Å²) in [6, 6.07) is 9.56. The highest BCUT2D eigenvalue weighted by atomic mass is 31.2. The van der Waals surface area contributed by atoms with Gasteiger partial charge in [0.25, 0.3) is 0 Å². The number of ether oxygens (including phenoxy) is 1. The molecule has 376 valence electrons. The normalized spacial score (nSPS) is 14.0. The van der Waals surface area contributed by atoms with E-state index in [1.165, 1.54) is 81.8 Å². The van der Waals surface area contributed by atoms with Gasteiger partial charge in [-0.2, -0.15) is 0 Å². The van der Waals surface area contributed by atoms with Crippen LogP contribution in [0.1, 0.15) is 289 Å². The van der Waals surface area contributed by atoms with E-state index in [4.69, 9.17) is 9.26 Å². The van der Waals surface area contributed by atoms with E-state index < -0.39 is 19.4 Å². The number of carbonyl (C=O) groups is 1. The summed E-state index contributed by atoms with van der Waals surface area (Å²) in [5, 5.41) is 0. The number of hydrogen-bond donors (Lipinski definition) is 2. The van der Waals surface area contributed by atoms with Crippen LogP contribution in [0.5, 0.6) is 5.75 Å². The van der Waals surface area contributed by atoms with Crippen LogP contribution < -0.4 is 4.52 Å². The molecule has 3 aromatic carbocycles. The minimum Gasteiger partial charge on any atom is -0.462 e. The molecular weight excluding hydrogens is 844 g/mol. The zero-order valence-corrected chi connectivity index (χ0v) is 47.5. The average molecular weight is 941 g/mol. The van der Waals surface area contributed by atoms with Gasteiger partial charge in [-0.15, -0.1) is 0 Å². The fraction of sp³-hybridized carbons (Fsp3) is 0.689. The molecule has 6 heteroatoms. The third-order valence-electron chi connectivity index (χ3n) is 14.2. The van der Waals surface area contributed by atoms with Crippen molar-refractivity contribution >= 4 is 14.6 Å². The predicted octanol–water partition coefficient (Wildman–Crippen LogP) is 18.5. The molecule has 0 saturated carbocycles. The number of unbranched alkanes of at least 4 members (excludes halogenated alkanes) is 13. The maximum absolute atomic E-state index is 15.9. The lowest BCUT2D eigenvalue weighted by Crippen LogP contribution is -2.29. The summed E-state index contributed by atoms with van der Waals surface area (Å²) in [6.07, 6.45) is 17.6. The van der Waals surface area contributed by atoms with Gasteiger partial charge >= 0.3 is 14.6 Å². The quantitative estimate of drug-likeness (QED) is 0.0755. The van der Waals surface area contributed by atoms with Gasteiger partial charge in [0, 0.05) is 28.2 Å². The van der Waals surface area contributed by atoms with Crippen LogP contribution in [0.15, 0.2) is 24.3 Å². The molecule has 0 atom stereocenters. The Morgan fingerprint density at radius 3 is 1.13 bits per heavy atom. The molecular formula is C61H97O5P. The SMILES string of the molecule is CCCCCCCCCCCCCCCCOC(=O)c1c2c(C(C)(C)C)c(OP(O)O)c(C(C)(C)C)c1-c1c(cc(C(C)(C)C)cc1C(C)(C)C)C(C)c1cc(C(C)(C)C)cc(C(C)(C)C)c1-2. The molecule has 0 heterocycles. The van der Waals surface area contributed by atoms with Crippen molar-refractivity contribution in [2.45, 2.75) is 267 Å². The fourth-order valence-electron chi connectivity index (χ4n) is 10.4. The topological polar surface area (TPSA) is 76.0 Å². The van der Waals surface area contributed by atoms with E-state index in [-0.39, 0.29) is 33.5 Å². The average Bonchev–Trinajstić information content (AvgIpc) is 3.17. The number of esters is 1. The van der Waals surface area contributed by atoms with Crippen LogP contribution in [0.25, 0.3) is 22.3 Å².